The van der Waals surface area contributed by atoms with Crippen LogP contribution in [-0.2, 0) is 10.0 Å². The predicted molar refractivity (Wildman–Crippen MR) is 87.3 cm³/mol. The van der Waals surface area contributed by atoms with Gasteiger partial charge in [0.25, 0.3) is 0 Å². The van der Waals surface area contributed by atoms with Gasteiger partial charge in [0, 0.05) is 24.6 Å². The molecular weight excluding hydrogens is 318 g/mol. The number of hydrogen-bond acceptors (Lipinski definition) is 5. The summed E-state index contributed by atoms with van der Waals surface area (Å²) in [6.07, 6.45) is 4.84. The van der Waals surface area contributed by atoms with Gasteiger partial charge in [-0.2, -0.15) is 0 Å². The first-order chi connectivity index (χ1) is 11.0. The van der Waals surface area contributed by atoms with Crippen molar-refractivity contribution in [2.75, 3.05) is 27.4 Å². The Balaban J connectivity index is 2.21. The Labute approximate surface area is 137 Å². The van der Waals surface area contributed by atoms with Crippen LogP contribution < -0.4 is 14.2 Å². The minimum absolute atomic E-state index is 0.00916. The molecule has 0 bridgehead atoms. The molecule has 0 aliphatic heterocycles. The van der Waals surface area contributed by atoms with Gasteiger partial charge in [0.05, 0.1) is 14.2 Å². The average molecular weight is 343 g/mol. The second-order valence-electron chi connectivity index (χ2n) is 6.06. The molecule has 7 heteroatoms. The van der Waals surface area contributed by atoms with Gasteiger partial charge in [-0.25, -0.2) is 13.1 Å². The van der Waals surface area contributed by atoms with Crippen molar-refractivity contribution >= 4 is 10.0 Å². The fraction of sp³-hybridized carbons (Fsp3) is 0.625. The van der Waals surface area contributed by atoms with Crippen LogP contribution in [0.3, 0.4) is 0 Å². The zero-order chi connectivity index (χ0) is 16.9. The van der Waals surface area contributed by atoms with Crippen molar-refractivity contribution in [1.29, 1.82) is 0 Å². The van der Waals surface area contributed by atoms with Crippen molar-refractivity contribution in [3.8, 4) is 11.5 Å². The van der Waals surface area contributed by atoms with Gasteiger partial charge in [-0.05, 0) is 25.0 Å². The van der Waals surface area contributed by atoms with Gasteiger partial charge in [-0.1, -0.05) is 19.3 Å². The van der Waals surface area contributed by atoms with Gasteiger partial charge >= 0.3 is 0 Å². The Morgan fingerprint density at radius 3 is 2.43 bits per heavy atom. The highest BCUT2D eigenvalue weighted by Crippen LogP contribution is 2.36. The summed E-state index contributed by atoms with van der Waals surface area (Å²) in [6.45, 7) is 0.219. The van der Waals surface area contributed by atoms with E-state index in [2.05, 4.69) is 4.72 Å². The quantitative estimate of drug-likeness (QED) is 0.790. The Hall–Kier alpha value is -1.31. The lowest BCUT2D eigenvalue weighted by Crippen LogP contribution is -2.41. The largest absolute Gasteiger partial charge is 0.497 e. The molecular formula is C16H25NO5S. The Bertz CT molecular complexity index is 623. The van der Waals surface area contributed by atoms with E-state index < -0.39 is 10.0 Å². The highest BCUT2D eigenvalue weighted by Gasteiger charge is 2.33. The van der Waals surface area contributed by atoms with E-state index in [0.717, 1.165) is 32.1 Å². The Morgan fingerprint density at radius 2 is 1.87 bits per heavy atom. The molecule has 0 aromatic heterocycles. The fourth-order valence-electron chi connectivity index (χ4n) is 3.01. The fourth-order valence-corrected chi connectivity index (χ4v) is 4.35. The van der Waals surface area contributed by atoms with Crippen LogP contribution in [0.2, 0.25) is 0 Å². The molecule has 1 saturated carbocycles. The molecule has 1 aliphatic carbocycles. The molecule has 1 fully saturated rings. The van der Waals surface area contributed by atoms with Gasteiger partial charge in [0.1, 0.15) is 16.4 Å². The maximum atomic E-state index is 12.7. The number of aliphatic hydroxyl groups is 1. The molecule has 130 valence electrons. The normalized spacial score (nSPS) is 17.7. The van der Waals surface area contributed by atoms with E-state index in [9.17, 15) is 13.5 Å². The third-order valence-corrected chi connectivity index (χ3v) is 5.97. The summed E-state index contributed by atoms with van der Waals surface area (Å²) in [5.74, 6) is 0.709. The molecule has 1 aromatic rings. The predicted octanol–water partition coefficient (Wildman–Crippen LogP) is 1.92. The first-order valence-corrected chi connectivity index (χ1v) is 9.27. The lowest BCUT2D eigenvalue weighted by atomic mass is 9.75. The number of benzene rings is 1. The molecule has 0 spiro atoms. The van der Waals surface area contributed by atoms with Crippen LogP contribution in [0.15, 0.2) is 23.1 Å². The van der Waals surface area contributed by atoms with E-state index in [4.69, 9.17) is 9.47 Å². The van der Waals surface area contributed by atoms with Crippen LogP contribution in [0.5, 0.6) is 11.5 Å². The van der Waals surface area contributed by atoms with Crippen LogP contribution >= 0.6 is 0 Å². The highest BCUT2D eigenvalue weighted by molar-refractivity contribution is 7.89. The Kier molecular flexibility index (Phi) is 5.89. The van der Waals surface area contributed by atoms with Crippen molar-refractivity contribution in [3.63, 3.8) is 0 Å². The number of methoxy groups -OCH3 is 2. The monoisotopic (exact) mass is 343 g/mol. The van der Waals surface area contributed by atoms with Gasteiger partial charge in [0.2, 0.25) is 10.0 Å². The molecule has 1 aromatic carbocycles. The van der Waals surface area contributed by atoms with Gasteiger partial charge in [-0.15, -0.1) is 0 Å². The summed E-state index contributed by atoms with van der Waals surface area (Å²) in [4.78, 5) is 0.0447. The minimum Gasteiger partial charge on any atom is -0.497 e. The van der Waals surface area contributed by atoms with Gasteiger partial charge in [0.15, 0.2) is 0 Å². The topological polar surface area (TPSA) is 84.9 Å². The maximum absolute atomic E-state index is 12.7. The summed E-state index contributed by atoms with van der Waals surface area (Å²) in [6, 6.07) is 4.65. The van der Waals surface area contributed by atoms with E-state index in [0.29, 0.717) is 5.75 Å². The number of nitrogens with one attached hydrogen (secondary N) is 1. The van der Waals surface area contributed by atoms with Crippen LogP contribution in [0.4, 0.5) is 0 Å². The second kappa shape index (κ2) is 7.51. The lowest BCUT2D eigenvalue weighted by molar-refractivity contribution is 0.0867. The third-order valence-electron chi connectivity index (χ3n) is 4.55. The summed E-state index contributed by atoms with van der Waals surface area (Å²) in [7, 11) is -0.841. The molecule has 0 unspecified atom stereocenters. The zero-order valence-corrected chi connectivity index (χ0v) is 14.5. The average Bonchev–Trinajstić information content (AvgIpc) is 2.60. The van der Waals surface area contributed by atoms with Crippen LogP contribution in [0, 0.1) is 5.41 Å². The molecule has 6 nitrogen and oxygen atoms in total. The van der Waals surface area contributed by atoms with Crippen molar-refractivity contribution in [3.05, 3.63) is 18.2 Å². The van der Waals surface area contributed by atoms with Crippen LogP contribution in [0.25, 0.3) is 0 Å². The second-order valence-corrected chi connectivity index (χ2v) is 7.80. The van der Waals surface area contributed by atoms with E-state index >= 15 is 0 Å². The van der Waals surface area contributed by atoms with Crippen molar-refractivity contribution in [2.45, 2.75) is 37.0 Å². The molecule has 0 heterocycles. The number of rotatable bonds is 7. The van der Waals surface area contributed by atoms with Crippen molar-refractivity contribution in [2.24, 2.45) is 5.41 Å². The number of sulfonamides is 1. The first-order valence-electron chi connectivity index (χ1n) is 7.79. The van der Waals surface area contributed by atoms with Crippen LogP contribution in [0.1, 0.15) is 32.1 Å². The number of aliphatic hydroxyl groups excluding tert-OH is 1. The zero-order valence-electron chi connectivity index (χ0n) is 13.7. The first kappa shape index (κ1) is 18.0. The lowest BCUT2D eigenvalue weighted by Gasteiger charge is -2.35. The molecule has 2 rings (SSSR count). The highest BCUT2D eigenvalue weighted by atomic mass is 32.2. The van der Waals surface area contributed by atoms with Gasteiger partial charge < -0.3 is 14.6 Å². The van der Waals surface area contributed by atoms with Crippen LogP contribution in [-0.4, -0.2) is 40.9 Å². The smallest absolute Gasteiger partial charge is 0.244 e. The van der Waals surface area contributed by atoms with Crippen molar-refractivity contribution in [1.82, 2.24) is 4.72 Å². The molecule has 23 heavy (non-hydrogen) atoms. The van der Waals surface area contributed by atoms with E-state index in [-0.39, 0.29) is 29.2 Å². The SMILES string of the molecule is COc1ccc(OC)c(S(=O)(=O)NCC2(CO)CCCCC2)c1. The van der Waals surface area contributed by atoms with Gasteiger partial charge in [-0.3, -0.25) is 0 Å². The molecule has 0 radical (unpaired) electrons. The summed E-state index contributed by atoms with van der Waals surface area (Å²) >= 11 is 0. The number of ether oxygens (including phenoxy) is 2. The summed E-state index contributed by atoms with van der Waals surface area (Å²) in [5, 5.41) is 9.71. The van der Waals surface area contributed by atoms with E-state index in [1.807, 2.05) is 0 Å². The Morgan fingerprint density at radius 1 is 1.17 bits per heavy atom. The minimum atomic E-state index is -3.75. The third kappa shape index (κ3) is 4.16. The molecule has 0 amide bonds. The molecule has 1 aliphatic rings. The molecule has 0 saturated heterocycles. The molecule has 2 N–H and O–H groups in total. The summed E-state index contributed by atoms with van der Waals surface area (Å²) in [5.41, 5.74) is -0.364. The summed E-state index contributed by atoms with van der Waals surface area (Å²) < 4.78 is 38.2. The maximum Gasteiger partial charge on any atom is 0.244 e. The number of hydrogen-bond donors (Lipinski definition) is 2. The molecule has 0 atom stereocenters. The van der Waals surface area contributed by atoms with E-state index in [1.165, 1.54) is 20.3 Å². The van der Waals surface area contributed by atoms with E-state index in [1.54, 1.807) is 12.1 Å². The standard InChI is InChI=1S/C16H25NO5S/c1-21-13-6-7-14(22-2)15(10-13)23(19,20)17-11-16(12-18)8-4-3-5-9-16/h6-7,10,17-18H,3-5,8-9,11-12H2,1-2H3. The van der Waals surface area contributed by atoms with Crippen molar-refractivity contribution < 1.29 is 23.0 Å².